The zero-order chi connectivity index (χ0) is 13.6. The highest BCUT2D eigenvalue weighted by Crippen LogP contribution is 2.33. The summed E-state index contributed by atoms with van der Waals surface area (Å²) in [7, 11) is 1.67. The van der Waals surface area contributed by atoms with E-state index in [4.69, 9.17) is 11.6 Å². The Morgan fingerprint density at radius 2 is 2.05 bits per heavy atom. The normalized spacial score (nSPS) is 13.8. The van der Waals surface area contributed by atoms with Crippen molar-refractivity contribution in [2.24, 2.45) is 0 Å². The Morgan fingerprint density at radius 3 is 2.84 bits per heavy atom. The molecule has 0 aliphatic carbocycles. The van der Waals surface area contributed by atoms with Gasteiger partial charge in [-0.2, -0.15) is 4.39 Å². The molecule has 0 unspecified atom stereocenters. The molecule has 5 heteroatoms. The summed E-state index contributed by atoms with van der Waals surface area (Å²) in [5, 5.41) is 0.575. The molecule has 0 N–H and O–H groups in total. The van der Waals surface area contributed by atoms with Gasteiger partial charge in [-0.3, -0.25) is 4.79 Å². The van der Waals surface area contributed by atoms with Crippen LogP contribution < -0.4 is 0 Å². The third-order valence-corrected chi connectivity index (χ3v) is 3.42. The minimum Gasteiger partial charge on any atom is -0.336 e. The zero-order valence-corrected chi connectivity index (χ0v) is 10.9. The second-order valence-electron chi connectivity index (χ2n) is 4.49. The molecule has 96 valence electrons. The summed E-state index contributed by atoms with van der Waals surface area (Å²) < 4.78 is 13.3. The number of aromatic nitrogens is 1. The van der Waals surface area contributed by atoms with Gasteiger partial charge in [-0.1, -0.05) is 17.7 Å². The molecule has 1 aliphatic heterocycles. The molecule has 19 heavy (non-hydrogen) atoms. The van der Waals surface area contributed by atoms with Crippen molar-refractivity contribution < 1.29 is 9.18 Å². The standard InChI is InChI=1S/C14H10ClFN2O/c1-18-7-8-2-3-9(15)6-11(8)10-4-5-12(16)17-13(10)14(18)19/h2-6H,7H2,1H3. The molecule has 0 fully saturated rings. The van der Waals surface area contributed by atoms with Crippen molar-refractivity contribution in [3.8, 4) is 11.1 Å². The van der Waals surface area contributed by atoms with E-state index in [-0.39, 0.29) is 11.6 Å². The van der Waals surface area contributed by atoms with E-state index in [1.807, 2.05) is 6.07 Å². The lowest BCUT2D eigenvalue weighted by Gasteiger charge is -2.14. The van der Waals surface area contributed by atoms with E-state index in [2.05, 4.69) is 4.98 Å². The molecule has 1 aromatic heterocycles. The molecule has 1 aliphatic rings. The summed E-state index contributed by atoms with van der Waals surface area (Å²) in [4.78, 5) is 17.5. The van der Waals surface area contributed by atoms with Crippen LogP contribution in [0, 0.1) is 5.95 Å². The number of benzene rings is 1. The first kappa shape index (κ1) is 12.1. The van der Waals surface area contributed by atoms with Gasteiger partial charge in [0.15, 0.2) is 0 Å². The lowest BCUT2D eigenvalue weighted by molar-refractivity contribution is 0.0781. The summed E-state index contributed by atoms with van der Waals surface area (Å²) in [6.45, 7) is 0.448. The Bertz CT molecular complexity index is 687. The van der Waals surface area contributed by atoms with E-state index in [1.54, 1.807) is 25.2 Å². The molecular formula is C14H10ClFN2O. The van der Waals surface area contributed by atoms with Crippen molar-refractivity contribution in [3.63, 3.8) is 0 Å². The Kier molecular flexibility index (Phi) is 2.75. The molecule has 0 spiro atoms. The van der Waals surface area contributed by atoms with Gasteiger partial charge in [0.2, 0.25) is 5.95 Å². The molecule has 1 aromatic carbocycles. The average molecular weight is 277 g/mol. The smallest absolute Gasteiger partial charge is 0.273 e. The Morgan fingerprint density at radius 1 is 1.26 bits per heavy atom. The molecule has 0 saturated heterocycles. The number of fused-ring (bicyclic) bond motifs is 3. The van der Waals surface area contributed by atoms with Gasteiger partial charge < -0.3 is 4.90 Å². The van der Waals surface area contributed by atoms with Gasteiger partial charge in [0.25, 0.3) is 5.91 Å². The Balaban J connectivity index is 2.34. The van der Waals surface area contributed by atoms with Crippen LogP contribution in [0.5, 0.6) is 0 Å². The van der Waals surface area contributed by atoms with Gasteiger partial charge >= 0.3 is 0 Å². The number of nitrogens with zero attached hydrogens (tertiary/aromatic N) is 2. The van der Waals surface area contributed by atoms with Crippen LogP contribution in [-0.4, -0.2) is 22.8 Å². The SMILES string of the molecule is CN1Cc2ccc(Cl)cc2-c2ccc(F)nc2C1=O. The van der Waals surface area contributed by atoms with Crippen LogP contribution in [0.25, 0.3) is 11.1 Å². The highest BCUT2D eigenvalue weighted by molar-refractivity contribution is 6.31. The van der Waals surface area contributed by atoms with E-state index in [0.29, 0.717) is 17.1 Å². The van der Waals surface area contributed by atoms with Crippen LogP contribution in [-0.2, 0) is 6.54 Å². The lowest BCUT2D eigenvalue weighted by Crippen LogP contribution is -2.25. The zero-order valence-electron chi connectivity index (χ0n) is 10.2. The fourth-order valence-electron chi connectivity index (χ4n) is 2.26. The summed E-state index contributed by atoms with van der Waals surface area (Å²) in [5.74, 6) is -0.951. The third-order valence-electron chi connectivity index (χ3n) is 3.18. The summed E-state index contributed by atoms with van der Waals surface area (Å²) in [5.41, 5.74) is 2.54. The second-order valence-corrected chi connectivity index (χ2v) is 4.93. The van der Waals surface area contributed by atoms with Gasteiger partial charge in [0.05, 0.1) is 0 Å². The van der Waals surface area contributed by atoms with Crippen LogP contribution in [0.1, 0.15) is 16.1 Å². The van der Waals surface area contributed by atoms with Crippen molar-refractivity contribution in [2.75, 3.05) is 7.05 Å². The quantitative estimate of drug-likeness (QED) is 0.693. The van der Waals surface area contributed by atoms with Crippen molar-refractivity contribution in [3.05, 3.63) is 52.6 Å². The monoisotopic (exact) mass is 276 g/mol. The van der Waals surface area contributed by atoms with Gasteiger partial charge in [0, 0.05) is 24.2 Å². The van der Waals surface area contributed by atoms with Gasteiger partial charge in [-0.25, -0.2) is 4.98 Å². The lowest BCUT2D eigenvalue weighted by atomic mass is 9.99. The first-order valence-corrected chi connectivity index (χ1v) is 6.15. The number of carbonyl (C=O) groups excluding carboxylic acids is 1. The predicted molar refractivity (Wildman–Crippen MR) is 70.4 cm³/mol. The third kappa shape index (κ3) is 1.98. The van der Waals surface area contributed by atoms with Gasteiger partial charge in [-0.15, -0.1) is 0 Å². The van der Waals surface area contributed by atoms with Crippen LogP contribution in [0.3, 0.4) is 0 Å². The summed E-state index contributed by atoms with van der Waals surface area (Å²) in [6, 6.07) is 8.26. The highest BCUT2D eigenvalue weighted by Gasteiger charge is 2.25. The molecule has 2 heterocycles. The molecule has 1 amide bonds. The number of hydrogen-bond acceptors (Lipinski definition) is 2. The van der Waals surface area contributed by atoms with Crippen molar-refractivity contribution >= 4 is 17.5 Å². The highest BCUT2D eigenvalue weighted by atomic mass is 35.5. The minimum absolute atomic E-state index is 0.128. The summed E-state index contributed by atoms with van der Waals surface area (Å²) >= 11 is 6.01. The van der Waals surface area contributed by atoms with Gasteiger partial charge in [-0.05, 0) is 35.4 Å². The first-order chi connectivity index (χ1) is 9.06. The van der Waals surface area contributed by atoms with E-state index in [0.717, 1.165) is 11.1 Å². The maximum atomic E-state index is 13.3. The molecular weight excluding hydrogens is 267 g/mol. The molecule has 0 bridgehead atoms. The number of pyridine rings is 1. The number of halogens is 2. The topological polar surface area (TPSA) is 33.2 Å². The molecule has 2 aromatic rings. The fourth-order valence-corrected chi connectivity index (χ4v) is 2.43. The van der Waals surface area contributed by atoms with E-state index >= 15 is 0 Å². The second kappa shape index (κ2) is 4.31. The largest absolute Gasteiger partial charge is 0.336 e. The molecule has 0 atom stereocenters. The average Bonchev–Trinajstić information content (AvgIpc) is 2.48. The van der Waals surface area contributed by atoms with Crippen LogP contribution >= 0.6 is 11.6 Å². The number of amides is 1. The fraction of sp³-hybridized carbons (Fsp3) is 0.143. The molecule has 3 nitrogen and oxygen atoms in total. The van der Waals surface area contributed by atoms with Crippen LogP contribution in [0.15, 0.2) is 30.3 Å². The number of carbonyl (C=O) groups is 1. The number of hydrogen-bond donors (Lipinski definition) is 0. The van der Waals surface area contributed by atoms with Crippen LogP contribution in [0.4, 0.5) is 4.39 Å². The first-order valence-electron chi connectivity index (χ1n) is 5.77. The van der Waals surface area contributed by atoms with E-state index in [9.17, 15) is 9.18 Å². The van der Waals surface area contributed by atoms with Crippen molar-refractivity contribution in [2.45, 2.75) is 6.54 Å². The summed E-state index contributed by atoms with van der Waals surface area (Å²) in [6.07, 6.45) is 0. The van der Waals surface area contributed by atoms with E-state index in [1.165, 1.54) is 11.0 Å². The molecule has 0 radical (unpaired) electrons. The maximum absolute atomic E-state index is 13.3. The minimum atomic E-state index is -0.661. The van der Waals surface area contributed by atoms with Crippen LogP contribution in [0.2, 0.25) is 5.02 Å². The van der Waals surface area contributed by atoms with Crippen molar-refractivity contribution in [1.29, 1.82) is 0 Å². The Hall–Kier alpha value is -1.94. The maximum Gasteiger partial charge on any atom is 0.273 e. The number of rotatable bonds is 0. The van der Waals surface area contributed by atoms with Gasteiger partial charge in [0.1, 0.15) is 5.69 Å². The predicted octanol–water partition coefficient (Wildman–Crippen LogP) is 3.13. The molecule has 3 rings (SSSR count). The Labute approximate surface area is 114 Å². The van der Waals surface area contributed by atoms with Crippen molar-refractivity contribution in [1.82, 2.24) is 9.88 Å². The van der Waals surface area contributed by atoms with E-state index < -0.39 is 5.95 Å². The molecule has 0 saturated carbocycles.